The molecule has 0 N–H and O–H groups in total. The summed E-state index contributed by atoms with van der Waals surface area (Å²) in [4.78, 5) is 8.32. The molecule has 4 heterocycles. The van der Waals surface area contributed by atoms with Crippen LogP contribution in [0.3, 0.4) is 0 Å². The molecule has 4 aliphatic heterocycles. The fourth-order valence-electron chi connectivity index (χ4n) is 14.0. The number of rotatable bonds is 3. The molecule has 7 aromatic carbocycles. The van der Waals surface area contributed by atoms with Gasteiger partial charge in [-0.2, -0.15) is 0 Å². The highest BCUT2D eigenvalue weighted by Gasteiger charge is 2.64. The van der Waals surface area contributed by atoms with E-state index in [0.29, 0.717) is 0 Å². The van der Waals surface area contributed by atoms with Gasteiger partial charge in [0.25, 0.3) is 6.71 Å². The lowest BCUT2D eigenvalue weighted by Crippen LogP contribution is -2.64. The number of aryl methyl sites for hydroxylation is 3. The standard InChI is InChI=1S/C58H54BN3/c1-37-21-25-42(26-22-37)60-50-27-23-38(2)33-48(50)59-47-20-14-19-45-54(47)62(58(6)44-18-11-10-17-40(44)29-32-56(45,58)4)52-36-43(35-51(60)53(52)59)61-49-28-24-41(39-15-8-7-9-16-39)34-46(49)55(3)30-12-13-31-57(55,61)5/h7-11,14-28,33-36H,12-13,29-32H2,1-6H3. The molecule has 0 saturated heterocycles. The van der Waals surface area contributed by atoms with Gasteiger partial charge in [-0.05, 0) is 146 Å². The van der Waals surface area contributed by atoms with Gasteiger partial charge in [-0.25, -0.2) is 0 Å². The van der Waals surface area contributed by atoms with Crippen molar-refractivity contribution in [1.29, 1.82) is 0 Å². The third-order valence-electron chi connectivity index (χ3n) is 17.5. The zero-order valence-corrected chi connectivity index (χ0v) is 37.0. The predicted molar refractivity (Wildman–Crippen MR) is 262 cm³/mol. The summed E-state index contributed by atoms with van der Waals surface area (Å²) in [6, 6.07) is 56.9. The highest BCUT2D eigenvalue weighted by Crippen LogP contribution is 2.66. The Morgan fingerprint density at radius 1 is 0.484 bits per heavy atom. The van der Waals surface area contributed by atoms with E-state index in [9.17, 15) is 0 Å². The predicted octanol–water partition coefficient (Wildman–Crippen LogP) is 12.6. The second kappa shape index (κ2) is 12.3. The van der Waals surface area contributed by atoms with Crippen LogP contribution in [0.5, 0.6) is 0 Å². The number of para-hydroxylation sites is 1. The maximum Gasteiger partial charge on any atom is 0.252 e. The van der Waals surface area contributed by atoms with Crippen molar-refractivity contribution in [2.75, 3.05) is 14.7 Å². The second-order valence-corrected chi connectivity index (χ2v) is 20.5. The van der Waals surface area contributed by atoms with Gasteiger partial charge in [0.1, 0.15) is 0 Å². The van der Waals surface area contributed by atoms with Gasteiger partial charge in [-0.1, -0.05) is 141 Å². The Bertz CT molecular complexity index is 3040. The van der Waals surface area contributed by atoms with Crippen molar-refractivity contribution in [3.8, 4) is 11.1 Å². The first-order valence-corrected chi connectivity index (χ1v) is 23.2. The van der Waals surface area contributed by atoms with Gasteiger partial charge in [-0.3, -0.25) is 0 Å². The minimum atomic E-state index is -0.296. The number of anilines is 7. The van der Waals surface area contributed by atoms with Crippen molar-refractivity contribution >= 4 is 62.9 Å². The number of nitrogens with zero attached hydrogens (tertiary/aromatic N) is 3. The fourth-order valence-corrected chi connectivity index (χ4v) is 14.0. The molecule has 1 fully saturated rings. The number of benzene rings is 7. The molecule has 4 heteroatoms. The summed E-state index contributed by atoms with van der Waals surface area (Å²) in [5, 5.41) is 0. The smallest absolute Gasteiger partial charge is 0.252 e. The van der Waals surface area contributed by atoms with Gasteiger partial charge in [0, 0.05) is 50.6 Å². The third-order valence-corrected chi connectivity index (χ3v) is 17.5. The monoisotopic (exact) mass is 803 g/mol. The molecule has 6 aliphatic rings. The molecule has 4 unspecified atom stereocenters. The summed E-state index contributed by atoms with van der Waals surface area (Å²) in [5.74, 6) is 0. The first-order chi connectivity index (χ1) is 30.0. The van der Waals surface area contributed by atoms with Gasteiger partial charge in [-0.15, -0.1) is 0 Å². The molecule has 2 aliphatic carbocycles. The van der Waals surface area contributed by atoms with E-state index < -0.39 is 0 Å². The van der Waals surface area contributed by atoms with Crippen LogP contribution < -0.4 is 31.1 Å². The largest absolute Gasteiger partial charge is 0.334 e. The van der Waals surface area contributed by atoms with Crippen LogP contribution in [0.25, 0.3) is 11.1 Å². The Balaban J connectivity index is 1.15. The van der Waals surface area contributed by atoms with Crippen LogP contribution in [-0.4, -0.2) is 12.3 Å². The molecule has 13 rings (SSSR count). The molecule has 0 spiro atoms. The van der Waals surface area contributed by atoms with Crippen molar-refractivity contribution in [3.05, 3.63) is 179 Å². The first kappa shape index (κ1) is 36.6. The van der Waals surface area contributed by atoms with E-state index >= 15 is 0 Å². The van der Waals surface area contributed by atoms with E-state index in [1.807, 2.05) is 0 Å². The minimum absolute atomic E-state index is 0.0118. The van der Waals surface area contributed by atoms with E-state index in [-0.39, 0.29) is 28.6 Å². The number of hydrogen-bond acceptors (Lipinski definition) is 3. The Morgan fingerprint density at radius 3 is 2.05 bits per heavy atom. The summed E-state index contributed by atoms with van der Waals surface area (Å²) in [6.45, 7) is 14.9. The van der Waals surface area contributed by atoms with Crippen molar-refractivity contribution in [2.45, 2.75) is 102 Å². The van der Waals surface area contributed by atoms with Crippen LogP contribution in [0.15, 0.2) is 146 Å². The van der Waals surface area contributed by atoms with Gasteiger partial charge < -0.3 is 14.7 Å². The van der Waals surface area contributed by atoms with E-state index in [1.165, 1.54) is 120 Å². The Morgan fingerprint density at radius 2 is 1.21 bits per heavy atom. The lowest BCUT2D eigenvalue weighted by atomic mass is 9.33. The SMILES string of the molecule is Cc1ccc(N2c3ccc(C)cc3B3c4cccc5c4N(c4cc(N6c7ccc(-c8ccccc8)cc7C7(C)CCCCC67C)cc2c43)C2(C)c3ccccc3CCC52C)cc1. The average Bonchev–Trinajstić information content (AvgIpc) is 3.64. The lowest BCUT2D eigenvalue weighted by molar-refractivity contribution is 0.195. The molecule has 3 nitrogen and oxygen atoms in total. The molecule has 62 heavy (non-hydrogen) atoms. The highest BCUT2D eigenvalue weighted by molar-refractivity contribution is 7.00. The summed E-state index contributed by atoms with van der Waals surface area (Å²) in [7, 11) is 0. The van der Waals surface area contributed by atoms with E-state index in [2.05, 4.69) is 202 Å². The number of fused-ring (bicyclic) bond motifs is 12. The van der Waals surface area contributed by atoms with Crippen molar-refractivity contribution in [3.63, 3.8) is 0 Å². The molecule has 4 atom stereocenters. The normalized spacial score (nSPS) is 25.6. The molecule has 0 aromatic heterocycles. The summed E-state index contributed by atoms with van der Waals surface area (Å²) < 4.78 is 0. The van der Waals surface area contributed by atoms with E-state index in [1.54, 1.807) is 0 Å². The van der Waals surface area contributed by atoms with Crippen molar-refractivity contribution < 1.29 is 0 Å². The second-order valence-electron chi connectivity index (χ2n) is 20.5. The zero-order valence-electron chi connectivity index (χ0n) is 37.0. The van der Waals surface area contributed by atoms with E-state index in [0.717, 1.165) is 19.3 Å². The Kier molecular flexibility index (Phi) is 7.29. The average molecular weight is 804 g/mol. The molecule has 304 valence electrons. The van der Waals surface area contributed by atoms with Crippen LogP contribution >= 0.6 is 0 Å². The van der Waals surface area contributed by atoms with Gasteiger partial charge >= 0.3 is 0 Å². The summed E-state index contributed by atoms with van der Waals surface area (Å²) in [6.07, 6.45) is 7.04. The van der Waals surface area contributed by atoms with E-state index in [4.69, 9.17) is 0 Å². The van der Waals surface area contributed by atoms with Crippen LogP contribution in [0.1, 0.15) is 93.2 Å². The van der Waals surface area contributed by atoms with Crippen molar-refractivity contribution in [2.24, 2.45) is 0 Å². The van der Waals surface area contributed by atoms with Gasteiger partial charge in [0.2, 0.25) is 0 Å². The van der Waals surface area contributed by atoms with Crippen LogP contribution in [0.4, 0.5) is 39.8 Å². The molecule has 7 aromatic rings. The third kappa shape index (κ3) is 4.39. The maximum atomic E-state index is 2.88. The highest BCUT2D eigenvalue weighted by atomic mass is 15.3. The molecular weight excluding hydrogens is 749 g/mol. The Hall–Kier alpha value is -6.00. The van der Waals surface area contributed by atoms with Gasteiger partial charge in [0.05, 0.1) is 11.1 Å². The topological polar surface area (TPSA) is 9.72 Å². The van der Waals surface area contributed by atoms with Crippen LogP contribution in [-0.2, 0) is 22.8 Å². The van der Waals surface area contributed by atoms with Crippen LogP contribution in [0.2, 0.25) is 0 Å². The quantitative estimate of drug-likeness (QED) is 0.165. The molecule has 1 saturated carbocycles. The lowest BCUT2D eigenvalue weighted by Gasteiger charge is -2.54. The minimum Gasteiger partial charge on any atom is -0.334 e. The first-order valence-electron chi connectivity index (χ1n) is 23.2. The Labute approximate surface area is 368 Å². The summed E-state index contributed by atoms with van der Waals surface area (Å²) >= 11 is 0. The van der Waals surface area contributed by atoms with Gasteiger partial charge in [0.15, 0.2) is 0 Å². The fraction of sp³-hybridized carbons (Fsp3) is 0.276. The molecule has 0 amide bonds. The molecular formula is C58H54BN3. The van der Waals surface area contributed by atoms with Crippen molar-refractivity contribution in [1.82, 2.24) is 0 Å². The molecule has 0 radical (unpaired) electrons. The number of hydrogen-bond donors (Lipinski definition) is 0. The maximum absolute atomic E-state index is 2.88. The van der Waals surface area contributed by atoms with Crippen LogP contribution in [0, 0.1) is 13.8 Å². The molecule has 0 bridgehead atoms. The zero-order chi connectivity index (χ0) is 41.9. The summed E-state index contributed by atoms with van der Waals surface area (Å²) in [5.41, 5.74) is 24.2.